The Balaban J connectivity index is 3.18. The third-order valence-corrected chi connectivity index (χ3v) is 1.78. The van der Waals surface area contributed by atoms with Crippen molar-refractivity contribution in [1.82, 2.24) is 0 Å². The van der Waals surface area contributed by atoms with Crippen LogP contribution in [0.15, 0.2) is 30.0 Å². The van der Waals surface area contributed by atoms with E-state index in [-0.39, 0.29) is 11.3 Å². The number of nitrogens with zero attached hydrogens (tertiary/aromatic N) is 2. The highest BCUT2D eigenvalue weighted by Gasteiger charge is 2.03. The molecule has 0 aliphatic rings. The molecule has 0 saturated heterocycles. The highest BCUT2D eigenvalue weighted by molar-refractivity contribution is 5.78. The van der Waals surface area contributed by atoms with Crippen LogP contribution < -0.4 is 0 Å². The second-order valence-corrected chi connectivity index (χ2v) is 2.76. The fourth-order valence-corrected chi connectivity index (χ4v) is 1.07. The molecule has 0 unspecified atom stereocenters. The SMILES string of the molecule is C/C(O)=C(\C#N)c1ccc(C#N)cc1. The number of aliphatic hydroxyl groups excluding tert-OH is 1. The number of allylic oxidation sites excluding steroid dienone is 2. The van der Waals surface area contributed by atoms with Gasteiger partial charge in [-0.3, -0.25) is 0 Å². The number of hydrogen-bond acceptors (Lipinski definition) is 3. The van der Waals surface area contributed by atoms with E-state index in [0.29, 0.717) is 11.1 Å². The molecular weight excluding hydrogens is 176 g/mol. The molecule has 14 heavy (non-hydrogen) atoms. The second kappa shape index (κ2) is 4.11. The fourth-order valence-electron chi connectivity index (χ4n) is 1.07. The van der Waals surface area contributed by atoms with E-state index >= 15 is 0 Å². The van der Waals surface area contributed by atoms with Crippen LogP contribution in [-0.4, -0.2) is 5.11 Å². The van der Waals surface area contributed by atoms with Crippen LogP contribution in [0.25, 0.3) is 5.57 Å². The van der Waals surface area contributed by atoms with E-state index < -0.39 is 0 Å². The highest BCUT2D eigenvalue weighted by atomic mass is 16.3. The van der Waals surface area contributed by atoms with Crippen molar-refractivity contribution in [3.8, 4) is 12.1 Å². The van der Waals surface area contributed by atoms with Gasteiger partial charge in [-0.15, -0.1) is 0 Å². The second-order valence-electron chi connectivity index (χ2n) is 2.76. The van der Waals surface area contributed by atoms with Gasteiger partial charge in [0.2, 0.25) is 0 Å². The quantitative estimate of drug-likeness (QED) is 0.538. The maximum Gasteiger partial charge on any atom is 0.107 e. The summed E-state index contributed by atoms with van der Waals surface area (Å²) in [6.45, 7) is 1.46. The lowest BCUT2D eigenvalue weighted by molar-refractivity contribution is 0.418. The van der Waals surface area contributed by atoms with Gasteiger partial charge in [0.15, 0.2) is 0 Å². The zero-order chi connectivity index (χ0) is 10.6. The van der Waals surface area contributed by atoms with Gasteiger partial charge in [-0.05, 0) is 24.6 Å². The molecule has 1 rings (SSSR count). The van der Waals surface area contributed by atoms with E-state index in [1.54, 1.807) is 24.3 Å². The lowest BCUT2D eigenvalue weighted by Gasteiger charge is -1.99. The number of hydrogen-bond donors (Lipinski definition) is 1. The van der Waals surface area contributed by atoms with Gasteiger partial charge in [-0.1, -0.05) is 12.1 Å². The van der Waals surface area contributed by atoms with E-state index in [0.717, 1.165) is 0 Å². The molecule has 1 aromatic rings. The first-order valence-corrected chi connectivity index (χ1v) is 3.99. The molecule has 68 valence electrons. The zero-order valence-electron chi connectivity index (χ0n) is 7.65. The number of rotatable bonds is 1. The predicted octanol–water partition coefficient (Wildman–Crippen LogP) is 2.37. The molecule has 1 aromatic carbocycles. The van der Waals surface area contributed by atoms with Crippen molar-refractivity contribution in [3.05, 3.63) is 41.2 Å². The van der Waals surface area contributed by atoms with Gasteiger partial charge in [0.05, 0.1) is 17.2 Å². The van der Waals surface area contributed by atoms with Gasteiger partial charge in [-0.2, -0.15) is 10.5 Å². The minimum absolute atomic E-state index is 0.0165. The minimum atomic E-state index is -0.0165. The van der Waals surface area contributed by atoms with Gasteiger partial charge >= 0.3 is 0 Å². The Kier molecular flexibility index (Phi) is 2.89. The summed E-state index contributed by atoms with van der Waals surface area (Å²) in [6, 6.07) is 10.4. The van der Waals surface area contributed by atoms with E-state index in [4.69, 9.17) is 10.5 Å². The summed E-state index contributed by atoms with van der Waals surface area (Å²) < 4.78 is 0. The van der Waals surface area contributed by atoms with Gasteiger partial charge in [0, 0.05) is 0 Å². The van der Waals surface area contributed by atoms with Crippen molar-refractivity contribution in [2.45, 2.75) is 6.92 Å². The predicted molar refractivity (Wildman–Crippen MR) is 52.0 cm³/mol. The van der Waals surface area contributed by atoms with Crippen LogP contribution in [0.4, 0.5) is 0 Å². The monoisotopic (exact) mass is 184 g/mol. The van der Waals surface area contributed by atoms with Gasteiger partial charge in [0.25, 0.3) is 0 Å². The van der Waals surface area contributed by atoms with E-state index in [9.17, 15) is 5.11 Å². The average molecular weight is 184 g/mol. The van der Waals surface area contributed by atoms with E-state index in [1.807, 2.05) is 12.1 Å². The van der Waals surface area contributed by atoms with Crippen molar-refractivity contribution in [2.24, 2.45) is 0 Å². The smallest absolute Gasteiger partial charge is 0.107 e. The van der Waals surface area contributed by atoms with Crippen LogP contribution in [0.3, 0.4) is 0 Å². The Bertz CT molecular complexity index is 440. The standard InChI is InChI=1S/C11H8N2O/c1-8(14)11(7-13)10-4-2-9(6-12)3-5-10/h2-5,14H,1H3/b11-8-. The van der Waals surface area contributed by atoms with E-state index in [1.165, 1.54) is 6.92 Å². The van der Waals surface area contributed by atoms with Gasteiger partial charge in [0.1, 0.15) is 11.8 Å². The Morgan fingerprint density at radius 1 is 1.21 bits per heavy atom. The third kappa shape index (κ3) is 1.91. The van der Waals surface area contributed by atoms with Crippen LogP contribution in [0.1, 0.15) is 18.1 Å². The highest BCUT2D eigenvalue weighted by Crippen LogP contribution is 2.16. The molecule has 3 heteroatoms. The molecule has 0 bridgehead atoms. The minimum Gasteiger partial charge on any atom is -0.511 e. The first kappa shape index (κ1) is 9.83. The first-order valence-electron chi connectivity index (χ1n) is 3.99. The molecule has 0 spiro atoms. The summed E-state index contributed by atoms with van der Waals surface area (Å²) in [5, 5.41) is 26.5. The summed E-state index contributed by atoms with van der Waals surface area (Å²) >= 11 is 0. The fraction of sp³-hybridized carbons (Fsp3) is 0.0909. The topological polar surface area (TPSA) is 67.8 Å². The summed E-state index contributed by atoms with van der Waals surface area (Å²) in [6.07, 6.45) is 0. The molecule has 0 aromatic heterocycles. The molecule has 0 atom stereocenters. The van der Waals surface area contributed by atoms with Crippen molar-refractivity contribution >= 4 is 5.57 Å². The number of nitriles is 2. The van der Waals surface area contributed by atoms with Crippen molar-refractivity contribution < 1.29 is 5.11 Å². The Labute approximate surface area is 82.1 Å². The Hall–Kier alpha value is -2.26. The first-order chi connectivity index (χ1) is 6.69. The van der Waals surface area contributed by atoms with Crippen LogP contribution in [0.5, 0.6) is 0 Å². The van der Waals surface area contributed by atoms with Gasteiger partial charge < -0.3 is 5.11 Å². The molecule has 0 radical (unpaired) electrons. The molecule has 0 amide bonds. The summed E-state index contributed by atoms with van der Waals surface area (Å²) in [5.41, 5.74) is 1.38. The Morgan fingerprint density at radius 2 is 1.79 bits per heavy atom. The van der Waals surface area contributed by atoms with Crippen LogP contribution >= 0.6 is 0 Å². The largest absolute Gasteiger partial charge is 0.511 e. The number of aliphatic hydroxyl groups is 1. The molecular formula is C11H8N2O. The van der Waals surface area contributed by atoms with Crippen molar-refractivity contribution in [3.63, 3.8) is 0 Å². The maximum atomic E-state index is 9.18. The maximum absolute atomic E-state index is 9.18. The summed E-state index contributed by atoms with van der Waals surface area (Å²) in [7, 11) is 0. The Morgan fingerprint density at radius 3 is 2.14 bits per heavy atom. The molecule has 0 saturated carbocycles. The molecule has 3 nitrogen and oxygen atoms in total. The third-order valence-electron chi connectivity index (χ3n) is 1.78. The van der Waals surface area contributed by atoms with Crippen LogP contribution in [0.2, 0.25) is 0 Å². The molecule has 0 aliphatic heterocycles. The zero-order valence-corrected chi connectivity index (χ0v) is 7.65. The average Bonchev–Trinajstić information content (AvgIpc) is 2.19. The van der Waals surface area contributed by atoms with E-state index in [2.05, 4.69) is 0 Å². The van der Waals surface area contributed by atoms with Crippen molar-refractivity contribution in [1.29, 1.82) is 10.5 Å². The van der Waals surface area contributed by atoms with Crippen LogP contribution in [0, 0.1) is 22.7 Å². The van der Waals surface area contributed by atoms with Gasteiger partial charge in [-0.25, -0.2) is 0 Å². The van der Waals surface area contributed by atoms with Crippen molar-refractivity contribution in [2.75, 3.05) is 0 Å². The lowest BCUT2D eigenvalue weighted by atomic mass is 10.0. The summed E-state index contributed by atoms with van der Waals surface area (Å²) in [5.74, 6) is -0.0165. The van der Waals surface area contributed by atoms with Crippen LogP contribution in [-0.2, 0) is 0 Å². The molecule has 1 N–H and O–H groups in total. The summed E-state index contributed by atoms with van der Waals surface area (Å²) in [4.78, 5) is 0. The lowest BCUT2D eigenvalue weighted by Crippen LogP contribution is -1.86. The normalized spacial score (nSPS) is 11.1. The molecule has 0 aliphatic carbocycles. The molecule has 0 heterocycles. The number of benzene rings is 1. The molecule has 0 fully saturated rings.